The highest BCUT2D eigenvalue weighted by Crippen LogP contribution is 2.18. The normalized spacial score (nSPS) is 16.5. The van der Waals surface area contributed by atoms with Crippen LogP contribution in [0.5, 0.6) is 0 Å². The number of hydrogen-bond acceptors (Lipinski definition) is 6. The Labute approximate surface area is 214 Å². The zero-order valence-corrected chi connectivity index (χ0v) is 22.3. The average Bonchev–Trinajstić information content (AvgIpc) is 3.32. The third kappa shape index (κ3) is 9.62. The molecule has 1 aromatic rings. The van der Waals surface area contributed by atoms with Gasteiger partial charge in [-0.25, -0.2) is 9.78 Å². The van der Waals surface area contributed by atoms with Crippen molar-refractivity contribution in [2.75, 3.05) is 39.4 Å². The van der Waals surface area contributed by atoms with E-state index < -0.39 is 5.91 Å². The summed E-state index contributed by atoms with van der Waals surface area (Å²) in [5, 5.41) is 5.79. The summed E-state index contributed by atoms with van der Waals surface area (Å²) in [5.74, 6) is 0.156. The zero-order chi connectivity index (χ0) is 26.5. The molecule has 1 aliphatic heterocycles. The topological polar surface area (TPSA) is 153 Å². The molecule has 1 aromatic heterocycles. The number of aliphatic imine (C=N–C) groups is 1. The van der Waals surface area contributed by atoms with E-state index in [4.69, 9.17) is 16.2 Å². The molecule has 1 saturated heterocycles. The number of carbonyl (C=O) groups is 2. The third-order valence-electron chi connectivity index (χ3n) is 6.62. The maximum Gasteiger partial charge on any atom is 0.314 e. The molecule has 0 radical (unpaired) electrons. The Hall–Kier alpha value is -2.92. The van der Waals surface area contributed by atoms with Crippen LogP contribution in [0.4, 0.5) is 4.79 Å². The van der Waals surface area contributed by atoms with Crippen LogP contribution in [0.2, 0.25) is 0 Å². The number of ether oxygens (including phenoxy) is 1. The number of nitrogens with two attached hydrogens (primary N) is 2. The van der Waals surface area contributed by atoms with Crippen molar-refractivity contribution in [1.82, 2.24) is 25.1 Å². The molecule has 0 aromatic carbocycles. The zero-order valence-electron chi connectivity index (χ0n) is 22.3. The van der Waals surface area contributed by atoms with Crippen molar-refractivity contribution in [2.24, 2.45) is 29.4 Å². The molecular weight excluding hydrogens is 460 g/mol. The largest absolute Gasteiger partial charge is 0.402 e. The number of rotatable bonds is 13. The van der Waals surface area contributed by atoms with E-state index in [0.717, 1.165) is 45.6 Å². The maximum absolute atomic E-state index is 12.4. The SMILES string of the molecule is CC/C(N)=C(\CCNC(=O)NCCN(CC1CCOCC1)C(C)CC)C(N)=NC(=O)c1cn(C)cn1. The summed E-state index contributed by atoms with van der Waals surface area (Å²) in [6.45, 7) is 10.7. The van der Waals surface area contributed by atoms with E-state index >= 15 is 0 Å². The van der Waals surface area contributed by atoms with Crippen molar-refractivity contribution >= 4 is 17.8 Å². The van der Waals surface area contributed by atoms with Crippen molar-refractivity contribution < 1.29 is 14.3 Å². The number of imidazole rings is 1. The third-order valence-corrected chi connectivity index (χ3v) is 6.62. The predicted molar refractivity (Wildman–Crippen MR) is 142 cm³/mol. The first-order valence-electron chi connectivity index (χ1n) is 12.9. The smallest absolute Gasteiger partial charge is 0.314 e. The highest BCUT2D eigenvalue weighted by Gasteiger charge is 2.20. The number of hydrogen-bond donors (Lipinski definition) is 4. The van der Waals surface area contributed by atoms with Crippen molar-refractivity contribution in [3.05, 3.63) is 29.5 Å². The molecule has 3 amide bonds. The first-order chi connectivity index (χ1) is 17.2. The molecule has 1 unspecified atom stereocenters. The lowest BCUT2D eigenvalue weighted by molar-refractivity contribution is 0.0465. The molecule has 36 heavy (non-hydrogen) atoms. The Kier molecular flexibility index (Phi) is 12.4. The summed E-state index contributed by atoms with van der Waals surface area (Å²) in [6, 6.07) is 0.207. The number of carbonyl (C=O) groups excluding carboxylic acids is 2. The van der Waals surface area contributed by atoms with Crippen molar-refractivity contribution in [3.63, 3.8) is 0 Å². The second kappa shape index (κ2) is 15.2. The molecule has 1 fully saturated rings. The van der Waals surface area contributed by atoms with Crippen LogP contribution in [0, 0.1) is 5.92 Å². The molecule has 1 aliphatic rings. The van der Waals surface area contributed by atoms with Crippen LogP contribution < -0.4 is 22.1 Å². The number of nitrogens with zero attached hydrogens (tertiary/aromatic N) is 4. The number of aryl methyl sites for hydroxylation is 1. The number of aromatic nitrogens is 2. The van der Waals surface area contributed by atoms with Crippen LogP contribution in [-0.4, -0.2) is 77.7 Å². The van der Waals surface area contributed by atoms with E-state index in [0.29, 0.717) is 49.2 Å². The van der Waals surface area contributed by atoms with Gasteiger partial charge in [0.15, 0.2) is 0 Å². The highest BCUT2D eigenvalue weighted by molar-refractivity contribution is 6.08. The Morgan fingerprint density at radius 1 is 1.25 bits per heavy atom. The summed E-state index contributed by atoms with van der Waals surface area (Å²) < 4.78 is 7.14. The lowest BCUT2D eigenvalue weighted by Crippen LogP contribution is -2.45. The second-order valence-electron chi connectivity index (χ2n) is 9.32. The summed E-state index contributed by atoms with van der Waals surface area (Å²) in [4.78, 5) is 35.1. The molecule has 0 saturated carbocycles. The molecule has 0 spiro atoms. The Bertz CT molecular complexity index is 905. The first-order valence-corrected chi connectivity index (χ1v) is 12.9. The molecule has 2 heterocycles. The number of allylic oxidation sites excluding steroid dienone is 1. The number of amides is 3. The first kappa shape index (κ1) is 29.3. The molecule has 202 valence electrons. The minimum Gasteiger partial charge on any atom is -0.402 e. The van der Waals surface area contributed by atoms with E-state index in [-0.39, 0.29) is 17.6 Å². The summed E-state index contributed by atoms with van der Waals surface area (Å²) in [5.41, 5.74) is 13.5. The van der Waals surface area contributed by atoms with Crippen molar-refractivity contribution in [2.45, 2.75) is 58.9 Å². The van der Waals surface area contributed by atoms with Gasteiger partial charge in [-0.3, -0.25) is 9.69 Å². The molecule has 0 bridgehead atoms. The van der Waals surface area contributed by atoms with Crippen LogP contribution in [0.15, 0.2) is 28.8 Å². The van der Waals surface area contributed by atoms with E-state index in [1.54, 1.807) is 17.8 Å². The minimum absolute atomic E-state index is 0.0459. The van der Waals surface area contributed by atoms with Crippen LogP contribution in [0.25, 0.3) is 0 Å². The van der Waals surface area contributed by atoms with Gasteiger partial charge in [-0.2, -0.15) is 4.99 Å². The Morgan fingerprint density at radius 2 is 1.94 bits per heavy atom. The van der Waals surface area contributed by atoms with E-state index in [2.05, 4.69) is 39.4 Å². The fourth-order valence-corrected chi connectivity index (χ4v) is 4.11. The van der Waals surface area contributed by atoms with Gasteiger partial charge in [0, 0.05) is 69.9 Å². The molecule has 0 aliphatic carbocycles. The van der Waals surface area contributed by atoms with Crippen LogP contribution in [-0.2, 0) is 11.8 Å². The molecule has 11 heteroatoms. The molecule has 1 atom stereocenters. The lowest BCUT2D eigenvalue weighted by atomic mass is 9.98. The van der Waals surface area contributed by atoms with Gasteiger partial charge in [0.05, 0.1) is 6.33 Å². The predicted octanol–water partition coefficient (Wildman–Crippen LogP) is 1.76. The summed E-state index contributed by atoms with van der Waals surface area (Å²) >= 11 is 0. The van der Waals surface area contributed by atoms with Crippen molar-refractivity contribution in [1.29, 1.82) is 0 Å². The average molecular weight is 505 g/mol. The maximum atomic E-state index is 12.4. The number of nitrogens with one attached hydrogen (secondary N) is 2. The summed E-state index contributed by atoms with van der Waals surface area (Å²) in [7, 11) is 1.77. The molecular formula is C25H44N8O3. The van der Waals surface area contributed by atoms with E-state index in [1.807, 2.05) is 6.92 Å². The fraction of sp³-hybridized carbons (Fsp3) is 0.680. The van der Waals surface area contributed by atoms with Gasteiger partial charge in [0.2, 0.25) is 0 Å². The minimum atomic E-state index is -0.535. The molecule has 2 rings (SSSR count). The van der Waals surface area contributed by atoms with Gasteiger partial charge in [0.25, 0.3) is 5.91 Å². The van der Waals surface area contributed by atoms with Gasteiger partial charge in [0.1, 0.15) is 11.5 Å². The van der Waals surface area contributed by atoms with Gasteiger partial charge in [-0.1, -0.05) is 13.8 Å². The van der Waals surface area contributed by atoms with Gasteiger partial charge in [-0.15, -0.1) is 0 Å². The van der Waals surface area contributed by atoms with E-state index in [9.17, 15) is 9.59 Å². The molecule has 6 N–H and O–H groups in total. The van der Waals surface area contributed by atoms with Crippen LogP contribution >= 0.6 is 0 Å². The Balaban J connectivity index is 1.83. The number of amidine groups is 1. The monoisotopic (exact) mass is 504 g/mol. The van der Waals surface area contributed by atoms with Crippen molar-refractivity contribution in [3.8, 4) is 0 Å². The van der Waals surface area contributed by atoms with Gasteiger partial charge >= 0.3 is 6.03 Å². The number of urea groups is 1. The van der Waals surface area contributed by atoms with Crippen LogP contribution in [0.1, 0.15) is 63.4 Å². The standard InChI is InChI=1S/C25H44N8O3/c1-5-18(3)33(15-19-8-13-36-14-9-19)12-11-29-25(35)28-10-7-20(21(26)6-2)23(27)31-24(34)22-16-32(4)17-30-22/h16-19H,5-15,26H2,1-4H3,(H2,27,31,34)(H2,28,29,35)/b21-20-. The second-order valence-corrected chi connectivity index (χ2v) is 9.32. The van der Waals surface area contributed by atoms with Crippen LogP contribution in [0.3, 0.4) is 0 Å². The lowest BCUT2D eigenvalue weighted by Gasteiger charge is -2.33. The van der Waals surface area contributed by atoms with Gasteiger partial charge in [-0.05, 0) is 44.9 Å². The molecule has 11 nitrogen and oxygen atoms in total. The summed E-state index contributed by atoms with van der Waals surface area (Å²) in [6.07, 6.45) is 7.26. The fourth-order valence-electron chi connectivity index (χ4n) is 4.11. The Morgan fingerprint density at radius 3 is 2.56 bits per heavy atom. The van der Waals surface area contributed by atoms with Gasteiger partial charge < -0.3 is 31.4 Å². The van der Waals surface area contributed by atoms with E-state index in [1.165, 1.54) is 6.33 Å². The quantitative estimate of drug-likeness (QED) is 0.236. The highest BCUT2D eigenvalue weighted by atomic mass is 16.5.